The molecule has 4 nitrogen and oxygen atoms in total. The lowest BCUT2D eigenvalue weighted by molar-refractivity contribution is 1.06. The first kappa shape index (κ1) is 6.84. The van der Waals surface area contributed by atoms with E-state index < -0.39 is 0 Å². The maximum atomic E-state index is 4.93. The highest BCUT2D eigenvalue weighted by atomic mass is 15.3. The Kier molecular flexibility index (Phi) is 1.51. The molecule has 0 saturated carbocycles. The minimum Gasteiger partial charge on any atom is -0.361 e. The number of nitrogens with one attached hydrogen (secondary N) is 1. The van der Waals surface area contributed by atoms with Crippen molar-refractivity contribution in [1.29, 1.82) is 0 Å². The van der Waals surface area contributed by atoms with Crippen LogP contribution in [0.25, 0.3) is 10.9 Å². The van der Waals surface area contributed by atoms with Crippen LogP contribution in [0.15, 0.2) is 40.8 Å². The van der Waals surface area contributed by atoms with Gasteiger partial charge in [0.1, 0.15) is 0 Å². The Hall–Kier alpha value is -1.84. The van der Waals surface area contributed by atoms with Crippen molar-refractivity contribution in [3.05, 3.63) is 30.5 Å². The number of rotatable bonds is 1. The lowest BCUT2D eigenvalue weighted by Gasteiger charge is -1.91. The van der Waals surface area contributed by atoms with Gasteiger partial charge in [0.05, 0.1) is 5.69 Å². The van der Waals surface area contributed by atoms with Crippen molar-refractivity contribution in [2.75, 3.05) is 0 Å². The van der Waals surface area contributed by atoms with Crippen LogP contribution in [0.2, 0.25) is 0 Å². The number of H-pyrrole nitrogens is 1. The molecular formula is C8H8N4. The van der Waals surface area contributed by atoms with Crippen LogP contribution < -0.4 is 5.84 Å². The molecular weight excluding hydrogens is 152 g/mol. The second-order valence-corrected chi connectivity index (χ2v) is 2.46. The molecule has 1 aromatic carbocycles. The molecule has 0 unspecified atom stereocenters. The van der Waals surface area contributed by atoms with Gasteiger partial charge >= 0.3 is 0 Å². The predicted octanol–water partition coefficient (Wildman–Crippen LogP) is 2.13. The molecule has 0 aliphatic heterocycles. The maximum absolute atomic E-state index is 4.93. The van der Waals surface area contributed by atoms with E-state index in [-0.39, 0.29) is 0 Å². The summed E-state index contributed by atoms with van der Waals surface area (Å²) in [6.45, 7) is 0. The van der Waals surface area contributed by atoms with Gasteiger partial charge in [-0.1, -0.05) is 5.22 Å². The smallest absolute Gasteiger partial charge is 0.0881 e. The quantitative estimate of drug-likeness (QED) is 0.374. The molecule has 0 spiro atoms. The summed E-state index contributed by atoms with van der Waals surface area (Å²) in [5, 5.41) is 8.05. The molecule has 2 aromatic rings. The number of fused-ring (bicyclic) bond motifs is 1. The molecule has 1 heterocycles. The van der Waals surface area contributed by atoms with Gasteiger partial charge in [-0.15, -0.1) is 5.11 Å². The van der Waals surface area contributed by atoms with E-state index in [1.807, 2.05) is 30.5 Å². The molecule has 0 fully saturated rings. The minimum absolute atomic E-state index is 0.768. The van der Waals surface area contributed by atoms with Crippen molar-refractivity contribution >= 4 is 16.6 Å². The highest BCUT2D eigenvalue weighted by molar-refractivity contribution is 5.82. The van der Waals surface area contributed by atoms with E-state index in [4.69, 9.17) is 5.84 Å². The largest absolute Gasteiger partial charge is 0.361 e. The highest BCUT2D eigenvalue weighted by Crippen LogP contribution is 2.19. The fourth-order valence-electron chi connectivity index (χ4n) is 1.17. The average molecular weight is 160 g/mol. The second kappa shape index (κ2) is 2.65. The monoisotopic (exact) mass is 160 g/mol. The van der Waals surface area contributed by atoms with Gasteiger partial charge in [0.15, 0.2) is 0 Å². The van der Waals surface area contributed by atoms with Gasteiger partial charge in [0, 0.05) is 17.1 Å². The van der Waals surface area contributed by atoms with Gasteiger partial charge in [-0.3, -0.25) is 0 Å². The van der Waals surface area contributed by atoms with Crippen LogP contribution in [0.5, 0.6) is 0 Å². The average Bonchev–Trinajstić information content (AvgIpc) is 2.51. The summed E-state index contributed by atoms with van der Waals surface area (Å²) in [5.74, 6) is 4.93. The number of hydrogen-bond acceptors (Lipinski definition) is 2. The Morgan fingerprint density at radius 1 is 1.25 bits per heavy atom. The Morgan fingerprint density at radius 2 is 2.17 bits per heavy atom. The van der Waals surface area contributed by atoms with Crippen molar-refractivity contribution in [2.45, 2.75) is 0 Å². The van der Waals surface area contributed by atoms with Crippen LogP contribution in [-0.4, -0.2) is 4.98 Å². The molecule has 0 aliphatic rings. The maximum Gasteiger partial charge on any atom is 0.0881 e. The van der Waals surface area contributed by atoms with E-state index >= 15 is 0 Å². The molecule has 2 rings (SSSR count). The third-order valence-corrected chi connectivity index (χ3v) is 1.71. The molecule has 0 saturated heterocycles. The predicted molar refractivity (Wildman–Crippen MR) is 47.0 cm³/mol. The van der Waals surface area contributed by atoms with Gasteiger partial charge in [-0.2, -0.15) is 0 Å². The Morgan fingerprint density at radius 3 is 3.00 bits per heavy atom. The summed E-state index contributed by atoms with van der Waals surface area (Å²) in [7, 11) is 0. The van der Waals surface area contributed by atoms with E-state index in [2.05, 4.69) is 15.3 Å². The van der Waals surface area contributed by atoms with Crippen LogP contribution >= 0.6 is 0 Å². The van der Waals surface area contributed by atoms with Gasteiger partial charge < -0.3 is 10.8 Å². The van der Waals surface area contributed by atoms with Crippen LogP contribution in [0, 0.1) is 0 Å². The van der Waals surface area contributed by atoms with Crippen LogP contribution in [0.1, 0.15) is 0 Å². The molecule has 1 aromatic heterocycles. The molecule has 0 bridgehead atoms. The Balaban J connectivity index is 2.60. The van der Waals surface area contributed by atoms with E-state index in [9.17, 15) is 0 Å². The van der Waals surface area contributed by atoms with Gasteiger partial charge in [-0.05, 0) is 24.3 Å². The highest BCUT2D eigenvalue weighted by Gasteiger charge is 1.94. The van der Waals surface area contributed by atoms with Crippen LogP contribution in [0.4, 0.5) is 5.69 Å². The fourth-order valence-corrected chi connectivity index (χ4v) is 1.17. The van der Waals surface area contributed by atoms with E-state index in [1.165, 1.54) is 0 Å². The van der Waals surface area contributed by atoms with E-state index in [0.29, 0.717) is 0 Å². The number of nitrogens with zero attached hydrogens (tertiary/aromatic N) is 2. The van der Waals surface area contributed by atoms with Gasteiger partial charge in [0.2, 0.25) is 0 Å². The number of aromatic amines is 1. The van der Waals surface area contributed by atoms with Crippen molar-refractivity contribution in [3.8, 4) is 0 Å². The third kappa shape index (κ3) is 1.03. The first-order valence-corrected chi connectivity index (χ1v) is 3.58. The Labute approximate surface area is 69.1 Å². The minimum atomic E-state index is 0.768. The lowest BCUT2D eigenvalue weighted by Crippen LogP contribution is -1.73. The first-order valence-electron chi connectivity index (χ1n) is 3.58. The topological polar surface area (TPSA) is 66.5 Å². The molecule has 0 atom stereocenters. The fraction of sp³-hybridized carbons (Fsp3) is 0. The standard InChI is InChI=1S/C8H8N4/c9-12-11-7-1-2-8-6(5-7)3-4-10-8/h1-5,10H,(H2,9,11). The summed E-state index contributed by atoms with van der Waals surface area (Å²) in [6, 6.07) is 7.70. The summed E-state index contributed by atoms with van der Waals surface area (Å²) < 4.78 is 0. The number of nitrogens with two attached hydrogens (primary N) is 1. The molecule has 4 heteroatoms. The van der Waals surface area contributed by atoms with Crippen molar-refractivity contribution in [3.63, 3.8) is 0 Å². The third-order valence-electron chi connectivity index (χ3n) is 1.71. The number of hydrogen-bond donors (Lipinski definition) is 2. The zero-order chi connectivity index (χ0) is 8.39. The summed E-state index contributed by atoms with van der Waals surface area (Å²) in [4.78, 5) is 3.09. The molecule has 3 N–H and O–H groups in total. The summed E-state index contributed by atoms with van der Waals surface area (Å²) in [5.41, 5.74) is 1.86. The van der Waals surface area contributed by atoms with E-state index in [1.54, 1.807) is 0 Å². The molecule has 12 heavy (non-hydrogen) atoms. The molecule has 0 radical (unpaired) electrons. The zero-order valence-electron chi connectivity index (χ0n) is 6.36. The molecule has 0 amide bonds. The van der Waals surface area contributed by atoms with Crippen molar-refractivity contribution in [1.82, 2.24) is 4.98 Å². The molecule has 0 aliphatic carbocycles. The number of benzene rings is 1. The van der Waals surface area contributed by atoms with Crippen molar-refractivity contribution in [2.24, 2.45) is 16.2 Å². The SMILES string of the molecule is NN=Nc1ccc2[nH]ccc2c1. The Bertz CT molecular complexity index is 416. The lowest BCUT2D eigenvalue weighted by atomic mass is 10.2. The van der Waals surface area contributed by atoms with Gasteiger partial charge in [0.25, 0.3) is 0 Å². The van der Waals surface area contributed by atoms with Crippen LogP contribution in [-0.2, 0) is 0 Å². The summed E-state index contributed by atoms with van der Waals surface area (Å²) >= 11 is 0. The zero-order valence-corrected chi connectivity index (χ0v) is 6.36. The second-order valence-electron chi connectivity index (χ2n) is 2.46. The first-order chi connectivity index (χ1) is 5.90. The van der Waals surface area contributed by atoms with Crippen LogP contribution in [0.3, 0.4) is 0 Å². The van der Waals surface area contributed by atoms with Gasteiger partial charge in [-0.25, -0.2) is 0 Å². The molecule has 60 valence electrons. The van der Waals surface area contributed by atoms with Crippen molar-refractivity contribution < 1.29 is 0 Å². The van der Waals surface area contributed by atoms with E-state index in [0.717, 1.165) is 16.6 Å². The normalized spacial score (nSPS) is 11.3. The number of aromatic nitrogens is 1. The summed E-state index contributed by atoms with van der Waals surface area (Å²) in [6.07, 6.45) is 1.88.